The number of hydrogen-bond acceptors (Lipinski definition) is 3. The largest absolute Gasteiger partial charge is 0.458 e. The number of fused-ring (bicyclic) bond motifs is 3. The summed E-state index contributed by atoms with van der Waals surface area (Å²) in [5, 5.41) is 10.7. The van der Waals surface area contributed by atoms with Crippen LogP contribution < -0.4 is 0 Å². The van der Waals surface area contributed by atoms with Gasteiger partial charge in [-0.25, -0.2) is 0 Å². The molecule has 1 spiro atoms. The number of aliphatic hydroxyl groups excluding tert-OH is 1. The van der Waals surface area contributed by atoms with Gasteiger partial charge in [0.15, 0.2) is 0 Å². The molecule has 0 aromatic heterocycles. The fraction of sp³-hybridized carbons (Fsp3) is 0.941. The van der Waals surface area contributed by atoms with Crippen molar-refractivity contribution >= 4 is 5.97 Å². The van der Waals surface area contributed by atoms with E-state index in [2.05, 4.69) is 20.8 Å². The fourth-order valence-electron chi connectivity index (χ4n) is 5.68. The van der Waals surface area contributed by atoms with Gasteiger partial charge in [0.05, 0.1) is 11.5 Å². The van der Waals surface area contributed by atoms with Gasteiger partial charge in [-0.05, 0) is 50.4 Å². The van der Waals surface area contributed by atoms with Crippen molar-refractivity contribution < 1.29 is 14.6 Å². The molecular formula is C17H28O3. The molecule has 3 aliphatic rings. The Kier molecular flexibility index (Phi) is 2.72. The summed E-state index contributed by atoms with van der Waals surface area (Å²) in [7, 11) is 0. The lowest BCUT2D eigenvalue weighted by Crippen LogP contribution is -2.43. The zero-order valence-corrected chi connectivity index (χ0v) is 13.5. The van der Waals surface area contributed by atoms with E-state index >= 15 is 0 Å². The van der Waals surface area contributed by atoms with Crippen molar-refractivity contribution in [3.8, 4) is 0 Å². The maximum atomic E-state index is 12.2. The molecule has 0 aromatic rings. The van der Waals surface area contributed by atoms with Crippen LogP contribution in [-0.2, 0) is 9.53 Å². The summed E-state index contributed by atoms with van der Waals surface area (Å²) >= 11 is 0. The van der Waals surface area contributed by atoms with Crippen LogP contribution in [0, 0.1) is 22.2 Å². The Labute approximate surface area is 122 Å². The molecule has 4 unspecified atom stereocenters. The molecule has 0 aromatic carbocycles. The molecular weight excluding hydrogens is 252 g/mol. The average Bonchev–Trinajstić information content (AvgIpc) is 2.55. The van der Waals surface area contributed by atoms with Crippen LogP contribution in [-0.4, -0.2) is 22.8 Å². The summed E-state index contributed by atoms with van der Waals surface area (Å²) in [6.07, 6.45) is 4.23. The lowest BCUT2D eigenvalue weighted by Gasteiger charge is -2.40. The van der Waals surface area contributed by atoms with Crippen molar-refractivity contribution in [3.05, 3.63) is 0 Å². The lowest BCUT2D eigenvalue weighted by molar-refractivity contribution is -0.159. The molecule has 0 amide bonds. The van der Waals surface area contributed by atoms with E-state index in [4.69, 9.17) is 4.74 Å². The molecule has 3 rings (SSSR count). The number of rotatable bonds is 0. The molecule has 0 radical (unpaired) electrons. The molecule has 3 heteroatoms. The Morgan fingerprint density at radius 3 is 2.25 bits per heavy atom. The Hall–Kier alpha value is -0.570. The highest BCUT2D eigenvalue weighted by Gasteiger charge is 2.65. The number of carbonyl (C=O) groups is 1. The predicted molar refractivity (Wildman–Crippen MR) is 77.1 cm³/mol. The second-order valence-corrected chi connectivity index (χ2v) is 9.43. The average molecular weight is 280 g/mol. The van der Waals surface area contributed by atoms with Crippen molar-refractivity contribution in [3.63, 3.8) is 0 Å². The molecule has 1 N–H and O–H groups in total. The van der Waals surface area contributed by atoms with Gasteiger partial charge in [-0.15, -0.1) is 0 Å². The van der Waals surface area contributed by atoms with E-state index in [1.54, 1.807) is 0 Å². The minimum atomic E-state index is -0.411. The topological polar surface area (TPSA) is 46.5 Å². The molecule has 114 valence electrons. The Bertz CT molecular complexity index is 453. The van der Waals surface area contributed by atoms with Crippen molar-refractivity contribution in [2.24, 2.45) is 22.2 Å². The van der Waals surface area contributed by atoms with Gasteiger partial charge < -0.3 is 9.84 Å². The summed E-state index contributed by atoms with van der Waals surface area (Å²) in [4.78, 5) is 12.2. The molecule has 2 saturated carbocycles. The monoisotopic (exact) mass is 280 g/mol. The van der Waals surface area contributed by atoms with Gasteiger partial charge in [-0.3, -0.25) is 4.79 Å². The summed E-state index contributed by atoms with van der Waals surface area (Å²) in [5.74, 6) is 0.0267. The Morgan fingerprint density at radius 2 is 1.70 bits per heavy atom. The second-order valence-electron chi connectivity index (χ2n) is 9.43. The van der Waals surface area contributed by atoms with Gasteiger partial charge in [0.1, 0.15) is 5.60 Å². The normalized spacial score (nSPS) is 49.2. The molecule has 4 atom stereocenters. The maximum Gasteiger partial charge on any atom is 0.312 e. The molecule has 2 bridgehead atoms. The fourth-order valence-corrected chi connectivity index (χ4v) is 5.68. The third-order valence-electron chi connectivity index (χ3n) is 5.84. The van der Waals surface area contributed by atoms with E-state index in [9.17, 15) is 9.90 Å². The van der Waals surface area contributed by atoms with Crippen molar-refractivity contribution in [1.82, 2.24) is 0 Å². The van der Waals surface area contributed by atoms with Crippen molar-refractivity contribution in [2.75, 3.05) is 0 Å². The minimum absolute atomic E-state index is 0.0845. The van der Waals surface area contributed by atoms with Crippen LogP contribution in [0.2, 0.25) is 0 Å². The number of ether oxygens (including phenoxy) is 1. The third kappa shape index (κ3) is 2.01. The molecule has 3 fully saturated rings. The summed E-state index contributed by atoms with van der Waals surface area (Å²) < 4.78 is 5.90. The van der Waals surface area contributed by atoms with E-state index in [0.717, 1.165) is 32.1 Å². The highest BCUT2D eigenvalue weighted by molar-refractivity contribution is 5.79. The van der Waals surface area contributed by atoms with E-state index in [1.807, 2.05) is 13.8 Å². The first-order valence-corrected chi connectivity index (χ1v) is 7.89. The first-order chi connectivity index (χ1) is 8.97. The first kappa shape index (κ1) is 14.4. The first-order valence-electron chi connectivity index (χ1n) is 7.89. The molecule has 20 heavy (non-hydrogen) atoms. The standard InChI is InChI=1S/C17H28O3/c1-14(2)7-12(18)11-6-16(5,8-14)10-17(11)9-15(3,4)13(19)20-17/h11-12,18H,6-10H2,1-5H3. The number of aliphatic hydroxyl groups is 1. The van der Waals surface area contributed by atoms with Crippen LogP contribution in [0.5, 0.6) is 0 Å². The highest BCUT2D eigenvalue weighted by Crippen LogP contribution is 2.64. The van der Waals surface area contributed by atoms with Gasteiger partial charge in [0, 0.05) is 12.3 Å². The lowest BCUT2D eigenvalue weighted by atomic mass is 9.68. The summed E-state index contributed by atoms with van der Waals surface area (Å²) in [6, 6.07) is 0. The van der Waals surface area contributed by atoms with E-state index < -0.39 is 11.0 Å². The van der Waals surface area contributed by atoms with Crippen LogP contribution in [0.1, 0.15) is 66.7 Å². The second kappa shape index (κ2) is 3.79. The van der Waals surface area contributed by atoms with Gasteiger partial charge in [0.2, 0.25) is 0 Å². The smallest absolute Gasteiger partial charge is 0.312 e. The maximum absolute atomic E-state index is 12.2. The quantitative estimate of drug-likeness (QED) is 0.693. The Morgan fingerprint density at radius 1 is 1.05 bits per heavy atom. The van der Waals surface area contributed by atoms with Gasteiger partial charge in [-0.1, -0.05) is 20.8 Å². The van der Waals surface area contributed by atoms with E-state index in [-0.39, 0.29) is 28.8 Å². The zero-order valence-electron chi connectivity index (χ0n) is 13.5. The summed E-state index contributed by atoms with van der Waals surface area (Å²) in [5.41, 5.74) is -0.460. The molecule has 3 nitrogen and oxygen atoms in total. The zero-order chi connectivity index (χ0) is 15.0. The van der Waals surface area contributed by atoms with Crippen molar-refractivity contribution in [1.29, 1.82) is 0 Å². The molecule has 1 aliphatic heterocycles. The molecule has 1 heterocycles. The van der Waals surface area contributed by atoms with Crippen LogP contribution >= 0.6 is 0 Å². The van der Waals surface area contributed by atoms with E-state index in [1.165, 1.54) is 0 Å². The van der Waals surface area contributed by atoms with E-state index in [0.29, 0.717) is 0 Å². The van der Waals surface area contributed by atoms with Gasteiger partial charge >= 0.3 is 5.97 Å². The van der Waals surface area contributed by atoms with Crippen molar-refractivity contribution in [2.45, 2.75) is 78.4 Å². The summed E-state index contributed by atoms with van der Waals surface area (Å²) in [6.45, 7) is 10.8. The van der Waals surface area contributed by atoms with Crippen LogP contribution in [0.15, 0.2) is 0 Å². The Balaban J connectivity index is 1.97. The van der Waals surface area contributed by atoms with Crippen LogP contribution in [0.3, 0.4) is 0 Å². The molecule has 2 aliphatic carbocycles. The van der Waals surface area contributed by atoms with Gasteiger partial charge in [0.25, 0.3) is 0 Å². The SMILES string of the molecule is CC1(C)CC(O)C2CC(C)(C1)CC21CC(C)(C)C(=O)O1. The number of esters is 1. The number of carbonyl (C=O) groups excluding carboxylic acids is 1. The van der Waals surface area contributed by atoms with Gasteiger partial charge in [-0.2, -0.15) is 0 Å². The number of hydrogen-bond donors (Lipinski definition) is 1. The predicted octanol–water partition coefficient (Wildman–Crippen LogP) is 3.30. The highest BCUT2D eigenvalue weighted by atomic mass is 16.6. The van der Waals surface area contributed by atoms with Crippen LogP contribution in [0.25, 0.3) is 0 Å². The molecule has 1 saturated heterocycles. The third-order valence-corrected chi connectivity index (χ3v) is 5.84. The van der Waals surface area contributed by atoms with Crippen LogP contribution in [0.4, 0.5) is 0 Å². The minimum Gasteiger partial charge on any atom is -0.458 e.